The van der Waals surface area contributed by atoms with Crippen LogP contribution in [0.3, 0.4) is 0 Å². The molecule has 0 unspecified atom stereocenters. The monoisotopic (exact) mass is 187 g/mol. The molecular formula is C7H9NO3S. The molecule has 5 heteroatoms. The van der Waals surface area contributed by atoms with E-state index in [1.54, 1.807) is 6.07 Å². The fourth-order valence-corrected chi connectivity index (χ4v) is 1.13. The fourth-order valence-electron chi connectivity index (χ4n) is 0.725. The highest BCUT2D eigenvalue weighted by molar-refractivity contribution is 7.94. The third kappa shape index (κ3) is 2.38. The van der Waals surface area contributed by atoms with Crippen LogP contribution in [0.4, 0.5) is 5.69 Å². The summed E-state index contributed by atoms with van der Waals surface area (Å²) in [5, 5.41) is 11.3. The van der Waals surface area contributed by atoms with Crippen LogP contribution in [0.25, 0.3) is 0 Å². The second kappa shape index (κ2) is 4.32. The Kier molecular flexibility index (Phi) is 3.36. The maximum absolute atomic E-state index is 7.88. The SMILES string of the molecule is Cc1ccc(SOOO)cc1N. The summed E-state index contributed by atoms with van der Waals surface area (Å²) in [5.74, 6) is 0. The molecular weight excluding hydrogens is 178 g/mol. The van der Waals surface area contributed by atoms with Crippen molar-refractivity contribution in [2.75, 3.05) is 5.73 Å². The molecule has 1 rings (SSSR count). The smallest absolute Gasteiger partial charge is 0.0715 e. The zero-order valence-corrected chi connectivity index (χ0v) is 7.30. The van der Waals surface area contributed by atoms with Crippen LogP contribution in [0.15, 0.2) is 23.1 Å². The van der Waals surface area contributed by atoms with Crippen LogP contribution < -0.4 is 5.73 Å². The van der Waals surface area contributed by atoms with Crippen molar-refractivity contribution in [2.45, 2.75) is 11.8 Å². The summed E-state index contributed by atoms with van der Waals surface area (Å²) in [4.78, 5) is 0.771. The van der Waals surface area contributed by atoms with E-state index in [9.17, 15) is 0 Å². The van der Waals surface area contributed by atoms with Gasteiger partial charge in [0.05, 0.1) is 12.0 Å². The van der Waals surface area contributed by atoms with Gasteiger partial charge in [-0.05, 0) is 24.6 Å². The van der Waals surface area contributed by atoms with Gasteiger partial charge >= 0.3 is 0 Å². The standard InChI is InChI=1S/C7H9NO3S/c1-5-2-3-6(4-7(5)8)12-11-10-9/h2-4,9H,8H2,1H3. The van der Waals surface area contributed by atoms with Crippen LogP contribution in [0.2, 0.25) is 0 Å². The first-order valence-corrected chi connectivity index (χ1v) is 3.99. The minimum Gasteiger partial charge on any atom is -0.398 e. The van der Waals surface area contributed by atoms with Crippen LogP contribution in [-0.2, 0) is 9.37 Å². The van der Waals surface area contributed by atoms with Crippen molar-refractivity contribution in [1.82, 2.24) is 0 Å². The minimum absolute atomic E-state index is 0.682. The second-order valence-corrected chi connectivity index (χ2v) is 3.02. The highest BCUT2D eigenvalue weighted by atomic mass is 32.2. The Hall–Kier alpha value is -0.750. The van der Waals surface area contributed by atoms with Gasteiger partial charge in [0.25, 0.3) is 0 Å². The summed E-state index contributed by atoms with van der Waals surface area (Å²) in [5.41, 5.74) is 7.31. The number of nitrogens with two attached hydrogens (primary N) is 1. The molecule has 3 N–H and O–H groups in total. The fraction of sp³-hybridized carbons (Fsp3) is 0.143. The van der Waals surface area contributed by atoms with Gasteiger partial charge < -0.3 is 5.73 Å². The van der Waals surface area contributed by atoms with E-state index in [2.05, 4.69) is 9.37 Å². The molecule has 0 amide bonds. The Bertz CT molecular complexity index is 267. The van der Waals surface area contributed by atoms with E-state index in [-0.39, 0.29) is 0 Å². The van der Waals surface area contributed by atoms with E-state index in [0.29, 0.717) is 5.69 Å². The molecule has 0 aliphatic rings. The molecule has 0 heterocycles. The minimum atomic E-state index is 0.682. The Morgan fingerprint density at radius 2 is 2.25 bits per heavy atom. The van der Waals surface area contributed by atoms with E-state index in [4.69, 9.17) is 11.0 Å². The Balaban J connectivity index is 2.69. The lowest BCUT2D eigenvalue weighted by Gasteiger charge is -2.01. The van der Waals surface area contributed by atoms with E-state index in [0.717, 1.165) is 22.5 Å². The van der Waals surface area contributed by atoms with Gasteiger partial charge in [0.15, 0.2) is 0 Å². The van der Waals surface area contributed by atoms with Crippen molar-refractivity contribution in [3.05, 3.63) is 23.8 Å². The van der Waals surface area contributed by atoms with Gasteiger partial charge in [0.1, 0.15) is 0 Å². The number of hydrogen-bond donors (Lipinski definition) is 2. The molecule has 0 atom stereocenters. The Morgan fingerprint density at radius 3 is 2.83 bits per heavy atom. The first kappa shape index (κ1) is 9.34. The highest BCUT2D eigenvalue weighted by Crippen LogP contribution is 2.23. The molecule has 4 nitrogen and oxygen atoms in total. The van der Waals surface area contributed by atoms with E-state index in [1.165, 1.54) is 0 Å². The number of benzene rings is 1. The number of aryl methyl sites for hydroxylation is 1. The third-order valence-electron chi connectivity index (χ3n) is 1.41. The van der Waals surface area contributed by atoms with Crippen LogP contribution in [-0.4, -0.2) is 5.26 Å². The summed E-state index contributed by atoms with van der Waals surface area (Å²) in [6.07, 6.45) is 0. The Labute approximate surface area is 74.3 Å². The molecule has 1 aromatic carbocycles. The normalized spacial score (nSPS) is 10.2. The topological polar surface area (TPSA) is 64.7 Å². The van der Waals surface area contributed by atoms with Crippen molar-refractivity contribution in [1.29, 1.82) is 0 Å². The van der Waals surface area contributed by atoms with E-state index >= 15 is 0 Å². The van der Waals surface area contributed by atoms with Crippen LogP contribution >= 0.6 is 12.0 Å². The first-order chi connectivity index (χ1) is 5.74. The lowest BCUT2D eigenvalue weighted by atomic mass is 10.2. The average Bonchev–Trinajstić information content (AvgIpc) is 2.07. The molecule has 0 aromatic heterocycles. The predicted octanol–water partition coefficient (Wildman–Crippen LogP) is 2.01. The van der Waals surface area contributed by atoms with Crippen LogP contribution in [0.1, 0.15) is 5.56 Å². The molecule has 1 aromatic rings. The number of rotatable bonds is 3. The highest BCUT2D eigenvalue weighted by Gasteiger charge is 1.98. The zero-order chi connectivity index (χ0) is 8.97. The van der Waals surface area contributed by atoms with Gasteiger partial charge in [0, 0.05) is 10.6 Å². The number of anilines is 1. The molecule has 0 saturated carbocycles. The quantitative estimate of drug-likeness (QED) is 0.328. The molecule has 0 fully saturated rings. The summed E-state index contributed by atoms with van der Waals surface area (Å²) in [6.45, 7) is 1.91. The summed E-state index contributed by atoms with van der Waals surface area (Å²) in [7, 11) is 0. The lowest BCUT2D eigenvalue weighted by Crippen LogP contribution is -1.89. The van der Waals surface area contributed by atoms with E-state index in [1.807, 2.05) is 19.1 Å². The number of hydrogen-bond acceptors (Lipinski definition) is 5. The van der Waals surface area contributed by atoms with Gasteiger partial charge in [-0.2, -0.15) is 0 Å². The van der Waals surface area contributed by atoms with Gasteiger partial charge in [-0.15, -0.1) is 4.33 Å². The van der Waals surface area contributed by atoms with Crippen molar-refractivity contribution in [3.63, 3.8) is 0 Å². The predicted molar refractivity (Wildman–Crippen MR) is 46.2 cm³/mol. The van der Waals surface area contributed by atoms with Gasteiger partial charge in [-0.25, -0.2) is 5.26 Å². The first-order valence-electron chi connectivity index (χ1n) is 3.25. The summed E-state index contributed by atoms with van der Waals surface area (Å²) < 4.78 is 4.23. The largest absolute Gasteiger partial charge is 0.398 e. The maximum atomic E-state index is 7.88. The van der Waals surface area contributed by atoms with Crippen molar-refractivity contribution in [2.24, 2.45) is 0 Å². The van der Waals surface area contributed by atoms with Gasteiger partial charge in [0.2, 0.25) is 0 Å². The molecule has 0 aliphatic heterocycles. The maximum Gasteiger partial charge on any atom is 0.0715 e. The van der Waals surface area contributed by atoms with Crippen LogP contribution in [0, 0.1) is 6.92 Å². The molecule has 66 valence electrons. The van der Waals surface area contributed by atoms with Crippen molar-refractivity contribution in [3.8, 4) is 0 Å². The van der Waals surface area contributed by atoms with Gasteiger partial charge in [-0.3, -0.25) is 0 Å². The third-order valence-corrected chi connectivity index (χ3v) is 1.99. The van der Waals surface area contributed by atoms with Crippen molar-refractivity contribution < 1.29 is 14.6 Å². The molecule has 0 spiro atoms. The second-order valence-electron chi connectivity index (χ2n) is 2.24. The molecule has 0 aliphatic carbocycles. The zero-order valence-electron chi connectivity index (χ0n) is 6.48. The average molecular weight is 187 g/mol. The molecule has 0 saturated heterocycles. The summed E-state index contributed by atoms with van der Waals surface area (Å²) in [6, 6.07) is 5.41. The molecule has 0 radical (unpaired) electrons. The number of nitrogen functional groups attached to an aromatic ring is 1. The molecule has 12 heavy (non-hydrogen) atoms. The molecule has 0 bridgehead atoms. The van der Waals surface area contributed by atoms with Crippen LogP contribution in [0.5, 0.6) is 0 Å². The van der Waals surface area contributed by atoms with Gasteiger partial charge in [-0.1, -0.05) is 11.1 Å². The summed E-state index contributed by atoms with van der Waals surface area (Å²) >= 11 is 0.891. The van der Waals surface area contributed by atoms with E-state index < -0.39 is 0 Å². The lowest BCUT2D eigenvalue weighted by molar-refractivity contribution is -0.432. The van der Waals surface area contributed by atoms with Crippen molar-refractivity contribution >= 4 is 17.7 Å². The Morgan fingerprint density at radius 1 is 1.50 bits per heavy atom.